The van der Waals surface area contributed by atoms with Crippen molar-refractivity contribution < 1.29 is 18.7 Å². The van der Waals surface area contributed by atoms with Crippen LogP contribution in [0.1, 0.15) is 17.7 Å². The van der Waals surface area contributed by atoms with E-state index in [-0.39, 0.29) is 6.03 Å². The van der Waals surface area contributed by atoms with Crippen molar-refractivity contribution in [2.45, 2.75) is 19.6 Å². The molecule has 2 heterocycles. The number of para-hydroxylation sites is 1. The molecule has 3 rings (SSSR count). The summed E-state index contributed by atoms with van der Waals surface area (Å²) in [6, 6.07) is 11.4. The lowest BCUT2D eigenvalue weighted by Gasteiger charge is -2.27. The maximum Gasteiger partial charge on any atom is 0.319 e. The Morgan fingerprint density at radius 2 is 2.00 bits per heavy atom. The van der Waals surface area contributed by atoms with E-state index in [1.165, 1.54) is 0 Å². The Bertz CT molecular complexity index is 684. The quantitative estimate of drug-likeness (QED) is 0.661. The van der Waals surface area contributed by atoms with E-state index >= 15 is 0 Å². The molecule has 1 aliphatic heterocycles. The summed E-state index contributed by atoms with van der Waals surface area (Å²) >= 11 is 0. The van der Waals surface area contributed by atoms with E-state index < -0.39 is 0 Å². The molecule has 1 aromatic heterocycles. The summed E-state index contributed by atoms with van der Waals surface area (Å²) in [6.07, 6.45) is 2.37. The van der Waals surface area contributed by atoms with Crippen molar-refractivity contribution in [1.29, 1.82) is 0 Å². The van der Waals surface area contributed by atoms with Gasteiger partial charge in [-0.3, -0.25) is 4.90 Å². The molecule has 1 aromatic carbocycles. The van der Waals surface area contributed by atoms with E-state index in [9.17, 15) is 4.79 Å². The molecule has 7 nitrogen and oxygen atoms in total. The Morgan fingerprint density at radius 3 is 2.81 bits per heavy atom. The largest absolute Gasteiger partial charge is 0.467 e. The first-order valence-electron chi connectivity index (χ1n) is 9.34. The Kier molecular flexibility index (Phi) is 7.70. The molecule has 0 saturated carbocycles. The second kappa shape index (κ2) is 10.7. The molecule has 7 heteroatoms. The Labute approximate surface area is 159 Å². The van der Waals surface area contributed by atoms with Gasteiger partial charge < -0.3 is 24.5 Å². The molecule has 0 atom stereocenters. The molecule has 0 aliphatic carbocycles. The minimum atomic E-state index is -0.199. The molecule has 0 unspecified atom stereocenters. The Hall–Kier alpha value is -2.35. The standard InChI is InChI=1S/C20H27N3O4/c24-20(21-8-4-11-26-16-18-6-3-12-27-18)22-19-7-2-1-5-17(19)15-23-9-13-25-14-10-23/h1-3,5-7,12H,4,8-11,13-16H2,(H2,21,22,24). The summed E-state index contributed by atoms with van der Waals surface area (Å²) in [5.74, 6) is 0.803. The third-order valence-corrected chi connectivity index (χ3v) is 4.34. The van der Waals surface area contributed by atoms with Crippen LogP contribution in [-0.2, 0) is 22.6 Å². The zero-order valence-electron chi connectivity index (χ0n) is 15.5. The highest BCUT2D eigenvalue weighted by Crippen LogP contribution is 2.17. The van der Waals surface area contributed by atoms with Gasteiger partial charge >= 0.3 is 6.03 Å². The average Bonchev–Trinajstić information content (AvgIpc) is 3.20. The zero-order valence-corrected chi connectivity index (χ0v) is 15.5. The van der Waals surface area contributed by atoms with Gasteiger partial charge in [0.05, 0.1) is 19.5 Å². The first-order chi connectivity index (χ1) is 13.3. The van der Waals surface area contributed by atoms with Crippen LogP contribution in [0.2, 0.25) is 0 Å². The number of hydrogen-bond donors (Lipinski definition) is 2. The van der Waals surface area contributed by atoms with Crippen LogP contribution in [0.15, 0.2) is 47.1 Å². The predicted octanol–water partition coefficient (Wildman–Crippen LogP) is 2.84. The lowest BCUT2D eigenvalue weighted by molar-refractivity contribution is 0.0343. The Morgan fingerprint density at radius 1 is 1.15 bits per heavy atom. The number of rotatable bonds is 9. The first-order valence-corrected chi connectivity index (χ1v) is 9.34. The van der Waals surface area contributed by atoms with Gasteiger partial charge in [0.25, 0.3) is 0 Å². The number of amides is 2. The number of hydrogen-bond acceptors (Lipinski definition) is 5. The van der Waals surface area contributed by atoms with Crippen molar-refractivity contribution in [3.63, 3.8) is 0 Å². The molecule has 2 N–H and O–H groups in total. The van der Waals surface area contributed by atoms with E-state index in [4.69, 9.17) is 13.9 Å². The average molecular weight is 373 g/mol. The van der Waals surface area contributed by atoms with Gasteiger partial charge in [-0.2, -0.15) is 0 Å². The lowest BCUT2D eigenvalue weighted by Crippen LogP contribution is -2.36. The fourth-order valence-electron chi connectivity index (χ4n) is 2.89. The van der Waals surface area contributed by atoms with E-state index in [1.54, 1.807) is 6.26 Å². The summed E-state index contributed by atoms with van der Waals surface area (Å²) < 4.78 is 16.1. The number of carbonyl (C=O) groups is 1. The van der Waals surface area contributed by atoms with Crippen molar-refractivity contribution >= 4 is 11.7 Å². The van der Waals surface area contributed by atoms with Crippen LogP contribution in [0.25, 0.3) is 0 Å². The fourth-order valence-corrected chi connectivity index (χ4v) is 2.89. The monoisotopic (exact) mass is 373 g/mol. The van der Waals surface area contributed by atoms with Gasteiger partial charge in [-0.1, -0.05) is 18.2 Å². The van der Waals surface area contributed by atoms with E-state index in [2.05, 4.69) is 15.5 Å². The smallest absolute Gasteiger partial charge is 0.319 e. The molecule has 0 spiro atoms. The van der Waals surface area contributed by atoms with Crippen molar-refractivity contribution in [2.24, 2.45) is 0 Å². The van der Waals surface area contributed by atoms with Gasteiger partial charge in [0.1, 0.15) is 12.4 Å². The first kappa shape index (κ1) is 19.4. The summed E-state index contributed by atoms with van der Waals surface area (Å²) in [7, 11) is 0. The topological polar surface area (TPSA) is 76.0 Å². The van der Waals surface area contributed by atoms with E-state index in [0.29, 0.717) is 19.8 Å². The molecule has 1 aliphatic rings. The van der Waals surface area contributed by atoms with Gasteiger partial charge in [0, 0.05) is 38.5 Å². The number of nitrogens with one attached hydrogen (secondary N) is 2. The minimum Gasteiger partial charge on any atom is -0.467 e. The molecule has 27 heavy (non-hydrogen) atoms. The molecule has 1 fully saturated rings. The molecular formula is C20H27N3O4. The highest BCUT2D eigenvalue weighted by molar-refractivity contribution is 5.90. The van der Waals surface area contributed by atoms with Crippen molar-refractivity contribution in [2.75, 3.05) is 44.8 Å². The zero-order chi connectivity index (χ0) is 18.7. The molecule has 1 saturated heterocycles. The molecule has 0 bridgehead atoms. The van der Waals surface area contributed by atoms with Crippen molar-refractivity contribution in [3.05, 3.63) is 54.0 Å². The number of urea groups is 1. The van der Waals surface area contributed by atoms with Crippen LogP contribution < -0.4 is 10.6 Å². The fraction of sp³-hybridized carbons (Fsp3) is 0.450. The number of ether oxygens (including phenoxy) is 2. The van der Waals surface area contributed by atoms with Crippen LogP contribution in [0.4, 0.5) is 10.5 Å². The molecule has 2 aromatic rings. The third kappa shape index (κ3) is 6.71. The van der Waals surface area contributed by atoms with Crippen molar-refractivity contribution in [1.82, 2.24) is 10.2 Å². The number of benzene rings is 1. The van der Waals surface area contributed by atoms with Crippen LogP contribution in [0, 0.1) is 0 Å². The van der Waals surface area contributed by atoms with Gasteiger partial charge in [-0.05, 0) is 30.2 Å². The molecule has 146 valence electrons. The normalized spacial score (nSPS) is 14.8. The predicted molar refractivity (Wildman–Crippen MR) is 103 cm³/mol. The summed E-state index contributed by atoms with van der Waals surface area (Å²) in [4.78, 5) is 14.5. The van der Waals surface area contributed by atoms with Gasteiger partial charge in [0.15, 0.2) is 0 Å². The summed E-state index contributed by atoms with van der Waals surface area (Å²) in [5, 5.41) is 5.82. The van der Waals surface area contributed by atoms with Crippen LogP contribution in [0.5, 0.6) is 0 Å². The van der Waals surface area contributed by atoms with Crippen LogP contribution >= 0.6 is 0 Å². The second-order valence-electron chi connectivity index (χ2n) is 6.41. The van der Waals surface area contributed by atoms with Crippen LogP contribution in [0.3, 0.4) is 0 Å². The lowest BCUT2D eigenvalue weighted by atomic mass is 10.1. The van der Waals surface area contributed by atoms with Crippen LogP contribution in [-0.4, -0.2) is 50.4 Å². The highest BCUT2D eigenvalue weighted by Gasteiger charge is 2.13. The molecule has 0 radical (unpaired) electrons. The maximum absolute atomic E-state index is 12.2. The number of furan rings is 1. The summed E-state index contributed by atoms with van der Waals surface area (Å²) in [5.41, 5.74) is 1.95. The third-order valence-electron chi connectivity index (χ3n) is 4.34. The molecular weight excluding hydrogens is 346 g/mol. The minimum absolute atomic E-state index is 0.199. The number of carbonyl (C=O) groups excluding carboxylic acids is 1. The molecule has 2 amide bonds. The number of anilines is 1. The van der Waals surface area contributed by atoms with Crippen molar-refractivity contribution in [3.8, 4) is 0 Å². The SMILES string of the molecule is O=C(NCCCOCc1ccco1)Nc1ccccc1CN1CCOCC1. The van der Waals surface area contributed by atoms with E-state index in [0.717, 1.165) is 56.3 Å². The number of nitrogens with zero attached hydrogens (tertiary/aromatic N) is 1. The van der Waals surface area contributed by atoms with Gasteiger partial charge in [-0.25, -0.2) is 4.79 Å². The second-order valence-corrected chi connectivity index (χ2v) is 6.41. The van der Waals surface area contributed by atoms with Gasteiger partial charge in [-0.15, -0.1) is 0 Å². The Balaban J connectivity index is 1.36. The number of morpholine rings is 1. The van der Waals surface area contributed by atoms with E-state index in [1.807, 2.05) is 36.4 Å². The summed E-state index contributed by atoms with van der Waals surface area (Å²) in [6.45, 7) is 5.73. The highest BCUT2D eigenvalue weighted by atomic mass is 16.5. The van der Waals surface area contributed by atoms with Gasteiger partial charge in [0.2, 0.25) is 0 Å². The maximum atomic E-state index is 12.2.